The van der Waals surface area contributed by atoms with Crippen molar-refractivity contribution >= 4 is 30.6 Å². The number of hydrogen-bond donors (Lipinski definition) is 1. The van der Waals surface area contributed by atoms with Crippen LogP contribution < -0.4 is 9.05 Å². The van der Waals surface area contributed by atoms with Crippen LogP contribution >= 0.6 is 7.82 Å². The molecule has 1 N–H and O–H groups in total. The van der Waals surface area contributed by atoms with Crippen LogP contribution in [0.4, 0.5) is 49.1 Å². The summed E-state index contributed by atoms with van der Waals surface area (Å²) in [5, 5.41) is 44.7. The van der Waals surface area contributed by atoms with Crippen LogP contribution in [0.5, 0.6) is 11.5 Å². The van der Waals surface area contributed by atoms with Crippen LogP contribution in [0.15, 0.2) is 24.3 Å². The van der Waals surface area contributed by atoms with E-state index in [0.29, 0.717) is 0 Å². The Morgan fingerprint density at radius 2 is 0.838 bits per heavy atom. The summed E-state index contributed by atoms with van der Waals surface area (Å²) in [7, 11) is -6.29. The summed E-state index contributed by atoms with van der Waals surface area (Å²) < 4.78 is 98.4. The van der Waals surface area contributed by atoms with Crippen molar-refractivity contribution in [2.75, 3.05) is 0 Å². The summed E-state index contributed by atoms with van der Waals surface area (Å²) in [6.07, 6.45) is -10.8. The van der Waals surface area contributed by atoms with E-state index in [9.17, 15) is 76.3 Å². The molecule has 0 amide bonds. The van der Waals surface area contributed by atoms with E-state index in [0.717, 1.165) is 0 Å². The third-order valence-corrected chi connectivity index (χ3v) is 4.78. The fourth-order valence-corrected chi connectivity index (χ4v) is 3.38. The number of phosphoric ester groups is 1. The molecule has 0 radical (unpaired) electrons. The first-order valence-electron chi connectivity index (χ1n) is 8.45. The Morgan fingerprint density at radius 1 is 0.622 bits per heavy atom. The second-order valence-corrected chi connectivity index (χ2v) is 7.66. The zero-order valence-electron chi connectivity index (χ0n) is 16.8. The number of alkyl halides is 6. The van der Waals surface area contributed by atoms with E-state index in [1.54, 1.807) is 0 Å². The van der Waals surface area contributed by atoms with Gasteiger partial charge in [0.05, 0.1) is 30.8 Å². The molecule has 0 aromatic heterocycles. The smallest absolute Gasteiger partial charge is 0.380 e. The van der Waals surface area contributed by atoms with E-state index in [4.69, 9.17) is 0 Å². The average Bonchev–Trinajstić information content (AvgIpc) is 2.70. The maximum Gasteiger partial charge on any atom is 0.585 e. The molecule has 200 valence electrons. The average molecular weight is 566 g/mol. The van der Waals surface area contributed by atoms with Crippen LogP contribution in [0.2, 0.25) is 0 Å². The molecule has 0 saturated carbocycles. The van der Waals surface area contributed by atoms with Crippen molar-refractivity contribution < 1.29 is 64.5 Å². The van der Waals surface area contributed by atoms with Gasteiger partial charge in [-0.3, -0.25) is 45.4 Å². The molecule has 16 nitrogen and oxygen atoms in total. The highest BCUT2D eigenvalue weighted by molar-refractivity contribution is 7.48. The van der Waals surface area contributed by atoms with Crippen molar-refractivity contribution in [3.8, 4) is 11.5 Å². The minimum Gasteiger partial charge on any atom is -0.380 e. The highest BCUT2D eigenvalue weighted by Gasteiger charge is 2.45. The lowest BCUT2D eigenvalue weighted by Crippen LogP contribution is -2.11. The molecule has 0 fully saturated rings. The topological polar surface area (TPSA) is 228 Å². The lowest BCUT2D eigenvalue weighted by molar-refractivity contribution is -0.396. The predicted octanol–water partition coefficient (Wildman–Crippen LogP) is 4.92. The molecule has 2 aromatic rings. The standard InChI is InChI=1S/C14H5F6N4O12P/c15-13(16,17)5-1-7(21(25)26)11(8(2-5)22(27)28)35-37(33,34)36-12-9(23(29)30)3-6(14(18,19)20)4-10(12)24(31)32/h1-4H,(H,33,34). The summed E-state index contributed by atoms with van der Waals surface area (Å²) in [4.78, 5) is 47.7. The van der Waals surface area contributed by atoms with Crippen LogP contribution in [0.1, 0.15) is 11.1 Å². The largest absolute Gasteiger partial charge is 0.585 e. The first kappa shape index (κ1) is 28.6. The number of phosphoric acid groups is 1. The number of benzene rings is 2. The minimum absolute atomic E-state index is 0.356. The molecule has 0 atom stereocenters. The van der Waals surface area contributed by atoms with Gasteiger partial charge in [-0.1, -0.05) is 0 Å². The number of rotatable bonds is 8. The minimum atomic E-state index is -6.29. The number of nitro groups is 4. The Kier molecular flexibility index (Phi) is 7.32. The molecule has 0 aliphatic rings. The molecule has 37 heavy (non-hydrogen) atoms. The molecule has 0 saturated heterocycles. The third kappa shape index (κ3) is 6.35. The van der Waals surface area contributed by atoms with Gasteiger partial charge in [0.25, 0.3) is 11.5 Å². The third-order valence-electron chi connectivity index (χ3n) is 3.95. The van der Waals surface area contributed by atoms with Gasteiger partial charge in [-0.15, -0.1) is 0 Å². The lowest BCUT2D eigenvalue weighted by atomic mass is 10.1. The normalized spacial score (nSPS) is 12.1. The van der Waals surface area contributed by atoms with Gasteiger partial charge in [0.15, 0.2) is 0 Å². The van der Waals surface area contributed by atoms with Crippen molar-refractivity contribution in [1.82, 2.24) is 0 Å². The van der Waals surface area contributed by atoms with Crippen molar-refractivity contribution in [2.24, 2.45) is 0 Å². The Bertz CT molecular complexity index is 1210. The fourth-order valence-electron chi connectivity index (χ4n) is 2.50. The van der Waals surface area contributed by atoms with Crippen molar-refractivity contribution in [1.29, 1.82) is 0 Å². The van der Waals surface area contributed by atoms with Crippen LogP contribution in [-0.2, 0) is 16.9 Å². The first-order valence-corrected chi connectivity index (χ1v) is 9.95. The predicted molar refractivity (Wildman–Crippen MR) is 101 cm³/mol. The molecule has 23 heteroatoms. The quantitative estimate of drug-likeness (QED) is 0.194. The van der Waals surface area contributed by atoms with Gasteiger partial charge in [0, 0.05) is 24.3 Å². The number of nitro benzene ring substituents is 4. The molecule has 2 aromatic carbocycles. The maximum absolute atomic E-state index is 13.0. The van der Waals surface area contributed by atoms with Crippen LogP contribution in [-0.4, -0.2) is 24.6 Å². The molecule has 0 aliphatic heterocycles. The van der Waals surface area contributed by atoms with E-state index >= 15 is 0 Å². The van der Waals surface area contributed by atoms with Gasteiger partial charge >= 0.3 is 42.9 Å². The van der Waals surface area contributed by atoms with Crippen molar-refractivity contribution in [3.05, 3.63) is 75.8 Å². The van der Waals surface area contributed by atoms with E-state index < -0.39 is 85.2 Å². The molecule has 0 heterocycles. The van der Waals surface area contributed by atoms with Crippen LogP contribution in [0.3, 0.4) is 0 Å². The molecule has 0 aliphatic carbocycles. The Morgan fingerprint density at radius 3 is 1.00 bits per heavy atom. The van der Waals surface area contributed by atoms with Gasteiger partial charge in [-0.05, 0) is 0 Å². The highest BCUT2D eigenvalue weighted by Crippen LogP contribution is 2.55. The molecular weight excluding hydrogens is 561 g/mol. The van der Waals surface area contributed by atoms with Gasteiger partial charge in [-0.2, -0.15) is 26.3 Å². The summed E-state index contributed by atoms with van der Waals surface area (Å²) in [6, 6.07) is -1.42. The molecule has 0 bridgehead atoms. The number of nitrogens with zero attached hydrogens (tertiary/aromatic N) is 4. The first-order chi connectivity index (χ1) is 16.7. The van der Waals surface area contributed by atoms with E-state index in [-0.39, 0.29) is 24.3 Å². The molecule has 0 spiro atoms. The van der Waals surface area contributed by atoms with Crippen LogP contribution in [0, 0.1) is 40.5 Å². The zero-order chi connectivity index (χ0) is 28.7. The Balaban J connectivity index is 2.75. The molecule has 0 unspecified atom stereocenters. The summed E-state index contributed by atoms with van der Waals surface area (Å²) in [5.41, 5.74) is -11.7. The SMILES string of the molecule is O=[N+]([O-])c1cc(C(F)(F)F)cc([N+](=O)[O-])c1OP(=O)(O)Oc1c([N+](=O)[O-])cc(C(F)(F)F)cc1[N+](=O)[O-]. The number of halogens is 6. The second-order valence-electron chi connectivity index (χ2n) is 6.36. The summed E-state index contributed by atoms with van der Waals surface area (Å²) in [6.45, 7) is 0. The van der Waals surface area contributed by atoms with Gasteiger partial charge in [0.2, 0.25) is 0 Å². The van der Waals surface area contributed by atoms with Crippen molar-refractivity contribution in [2.45, 2.75) is 12.4 Å². The lowest BCUT2D eigenvalue weighted by Gasteiger charge is -2.15. The van der Waals surface area contributed by atoms with E-state index in [1.165, 1.54) is 0 Å². The van der Waals surface area contributed by atoms with Crippen LogP contribution in [0.25, 0.3) is 0 Å². The molecule has 2 rings (SSSR count). The zero-order valence-corrected chi connectivity index (χ0v) is 17.6. The van der Waals surface area contributed by atoms with Crippen molar-refractivity contribution in [3.63, 3.8) is 0 Å². The second kappa shape index (κ2) is 9.46. The monoisotopic (exact) mass is 566 g/mol. The summed E-state index contributed by atoms with van der Waals surface area (Å²) >= 11 is 0. The van der Waals surface area contributed by atoms with Gasteiger partial charge < -0.3 is 9.05 Å². The van der Waals surface area contributed by atoms with E-state index in [1.807, 2.05) is 0 Å². The fraction of sp³-hybridized carbons (Fsp3) is 0.143. The Hall–Kier alpha value is -4.59. The van der Waals surface area contributed by atoms with Gasteiger partial charge in [-0.25, -0.2) is 4.57 Å². The molecular formula is C14H5F6N4O12P. The highest BCUT2D eigenvalue weighted by atomic mass is 31.2. The Labute approximate surface area is 195 Å². The summed E-state index contributed by atoms with van der Waals surface area (Å²) in [5.74, 6) is -3.91. The van der Waals surface area contributed by atoms with E-state index in [2.05, 4.69) is 9.05 Å². The number of hydrogen-bond acceptors (Lipinski definition) is 11. The maximum atomic E-state index is 13.0. The van der Waals surface area contributed by atoms with Gasteiger partial charge in [0.1, 0.15) is 0 Å².